The summed E-state index contributed by atoms with van der Waals surface area (Å²) >= 11 is 0. The molecule has 5 nitrogen and oxygen atoms in total. The molecule has 1 heterocycles. The number of piperidine rings is 1. The molecule has 1 aromatic rings. The number of likely N-dealkylation sites (tertiary alicyclic amines) is 1. The number of rotatable bonds is 5. The lowest BCUT2D eigenvalue weighted by Gasteiger charge is -2.31. The number of carbonyl (C=O) groups excluding carboxylic acids is 1. The minimum atomic E-state index is 0.0179. The Bertz CT molecular complexity index is 529. The standard InChI is InChI=1S/C18H28N4O/c1-3-21(14-16-9-5-4-6-10-16)17(23)12-20-18(19)22-11-7-8-15(2)13-22/h4-6,9-10,15H,3,7-8,11-14H2,1-2H3,(H2,19,20). The van der Waals surface area contributed by atoms with Crippen molar-refractivity contribution in [2.75, 3.05) is 26.2 Å². The maximum Gasteiger partial charge on any atom is 0.244 e. The van der Waals surface area contributed by atoms with Crippen LogP contribution in [0.5, 0.6) is 0 Å². The van der Waals surface area contributed by atoms with Crippen molar-refractivity contribution in [2.24, 2.45) is 16.6 Å². The number of amides is 1. The molecule has 1 aliphatic heterocycles. The van der Waals surface area contributed by atoms with E-state index in [0.29, 0.717) is 25.0 Å². The van der Waals surface area contributed by atoms with E-state index < -0.39 is 0 Å². The van der Waals surface area contributed by atoms with Crippen molar-refractivity contribution in [2.45, 2.75) is 33.2 Å². The molecule has 0 bridgehead atoms. The van der Waals surface area contributed by atoms with Crippen molar-refractivity contribution in [3.63, 3.8) is 0 Å². The number of nitrogens with two attached hydrogens (primary N) is 1. The number of hydrogen-bond acceptors (Lipinski definition) is 2. The fraction of sp³-hybridized carbons (Fsp3) is 0.556. The smallest absolute Gasteiger partial charge is 0.244 e. The Morgan fingerprint density at radius 1 is 1.39 bits per heavy atom. The normalized spacial score (nSPS) is 18.8. The van der Waals surface area contributed by atoms with Gasteiger partial charge in [-0.3, -0.25) is 4.79 Å². The first-order valence-corrected chi connectivity index (χ1v) is 8.46. The van der Waals surface area contributed by atoms with Crippen molar-refractivity contribution in [3.8, 4) is 0 Å². The van der Waals surface area contributed by atoms with E-state index in [1.54, 1.807) is 0 Å². The Labute approximate surface area is 139 Å². The largest absolute Gasteiger partial charge is 0.370 e. The Balaban J connectivity index is 1.89. The molecule has 23 heavy (non-hydrogen) atoms. The lowest BCUT2D eigenvalue weighted by molar-refractivity contribution is -0.130. The zero-order valence-electron chi connectivity index (χ0n) is 14.2. The highest BCUT2D eigenvalue weighted by atomic mass is 16.2. The van der Waals surface area contributed by atoms with Gasteiger partial charge < -0.3 is 15.5 Å². The molecule has 126 valence electrons. The summed E-state index contributed by atoms with van der Waals surface area (Å²) in [4.78, 5) is 20.6. The quantitative estimate of drug-likeness (QED) is 0.668. The lowest BCUT2D eigenvalue weighted by Crippen LogP contribution is -2.44. The number of benzene rings is 1. The molecule has 1 saturated heterocycles. The molecule has 0 radical (unpaired) electrons. The Hall–Kier alpha value is -2.04. The second kappa shape index (κ2) is 8.56. The summed E-state index contributed by atoms with van der Waals surface area (Å²) in [6.07, 6.45) is 2.38. The molecule has 0 aromatic heterocycles. The summed E-state index contributed by atoms with van der Waals surface area (Å²) in [6, 6.07) is 10.0. The molecule has 0 saturated carbocycles. The maximum atomic E-state index is 12.4. The Morgan fingerprint density at radius 2 is 2.13 bits per heavy atom. The summed E-state index contributed by atoms with van der Waals surface area (Å²) in [5, 5.41) is 0. The maximum absolute atomic E-state index is 12.4. The molecule has 2 N–H and O–H groups in total. The predicted octanol–water partition coefficient (Wildman–Crippen LogP) is 2.08. The zero-order valence-corrected chi connectivity index (χ0v) is 14.2. The second-order valence-corrected chi connectivity index (χ2v) is 6.26. The molecule has 1 aliphatic rings. The summed E-state index contributed by atoms with van der Waals surface area (Å²) in [7, 11) is 0. The molecule has 1 aromatic carbocycles. The Morgan fingerprint density at radius 3 is 2.78 bits per heavy atom. The molecule has 1 amide bonds. The molecular formula is C18H28N4O. The monoisotopic (exact) mass is 316 g/mol. The Kier molecular flexibility index (Phi) is 6.44. The van der Waals surface area contributed by atoms with Crippen LogP contribution < -0.4 is 5.73 Å². The van der Waals surface area contributed by atoms with Crippen molar-refractivity contribution in [1.82, 2.24) is 9.80 Å². The fourth-order valence-corrected chi connectivity index (χ4v) is 2.93. The fourth-order valence-electron chi connectivity index (χ4n) is 2.93. The van der Waals surface area contributed by atoms with Crippen LogP contribution in [0.1, 0.15) is 32.3 Å². The summed E-state index contributed by atoms with van der Waals surface area (Å²) in [6.45, 7) is 7.50. The van der Waals surface area contributed by atoms with Gasteiger partial charge in [-0.05, 0) is 31.2 Å². The first-order valence-electron chi connectivity index (χ1n) is 8.46. The molecule has 2 rings (SSSR count). The molecule has 5 heteroatoms. The third kappa shape index (κ3) is 5.27. The van der Waals surface area contributed by atoms with Gasteiger partial charge in [0.25, 0.3) is 0 Å². The predicted molar refractivity (Wildman–Crippen MR) is 94.0 cm³/mol. The van der Waals surface area contributed by atoms with E-state index in [1.807, 2.05) is 42.2 Å². The average molecular weight is 316 g/mol. The topological polar surface area (TPSA) is 61.9 Å². The number of hydrogen-bond donors (Lipinski definition) is 1. The summed E-state index contributed by atoms with van der Waals surface area (Å²) < 4.78 is 0. The minimum Gasteiger partial charge on any atom is -0.370 e. The van der Waals surface area contributed by atoms with E-state index in [4.69, 9.17) is 5.73 Å². The van der Waals surface area contributed by atoms with Crippen molar-refractivity contribution >= 4 is 11.9 Å². The van der Waals surface area contributed by atoms with Crippen molar-refractivity contribution in [1.29, 1.82) is 0 Å². The van der Waals surface area contributed by atoms with Crippen LogP contribution in [0.15, 0.2) is 35.3 Å². The molecule has 0 spiro atoms. The van der Waals surface area contributed by atoms with Gasteiger partial charge in [-0.2, -0.15) is 0 Å². The number of nitrogens with zero attached hydrogens (tertiary/aromatic N) is 3. The SMILES string of the molecule is CCN(Cc1ccccc1)C(=O)CN=C(N)N1CCCC(C)C1. The first kappa shape index (κ1) is 17.3. The van der Waals surface area contributed by atoms with Crippen LogP contribution in [0.4, 0.5) is 0 Å². The van der Waals surface area contributed by atoms with Crippen LogP contribution in [0.2, 0.25) is 0 Å². The van der Waals surface area contributed by atoms with Crippen molar-refractivity contribution < 1.29 is 4.79 Å². The zero-order chi connectivity index (χ0) is 16.7. The molecule has 1 fully saturated rings. The van der Waals surface area contributed by atoms with Gasteiger partial charge in [0, 0.05) is 26.2 Å². The van der Waals surface area contributed by atoms with Crippen LogP contribution in [-0.2, 0) is 11.3 Å². The van der Waals surface area contributed by atoms with Gasteiger partial charge in [0.15, 0.2) is 5.96 Å². The molecule has 1 unspecified atom stereocenters. The van der Waals surface area contributed by atoms with Crippen LogP contribution in [0.25, 0.3) is 0 Å². The number of guanidine groups is 1. The van der Waals surface area contributed by atoms with E-state index in [9.17, 15) is 4.79 Å². The van der Waals surface area contributed by atoms with Crippen molar-refractivity contribution in [3.05, 3.63) is 35.9 Å². The summed E-state index contributed by atoms with van der Waals surface area (Å²) in [5.74, 6) is 1.16. The number of aliphatic imine (C=N–C) groups is 1. The highest BCUT2D eigenvalue weighted by Crippen LogP contribution is 2.14. The molecule has 0 aliphatic carbocycles. The number of likely N-dealkylation sites (N-methyl/N-ethyl adjacent to an activating group) is 1. The molecule has 1 atom stereocenters. The van der Waals surface area contributed by atoms with Crippen LogP contribution in [0, 0.1) is 5.92 Å². The average Bonchev–Trinajstić information content (AvgIpc) is 2.58. The first-order chi connectivity index (χ1) is 11.1. The molecular weight excluding hydrogens is 288 g/mol. The van der Waals surface area contributed by atoms with Gasteiger partial charge in [-0.1, -0.05) is 37.3 Å². The third-order valence-electron chi connectivity index (χ3n) is 4.31. The van der Waals surface area contributed by atoms with Gasteiger partial charge in [0.05, 0.1) is 0 Å². The van der Waals surface area contributed by atoms with Crippen LogP contribution in [-0.4, -0.2) is 47.8 Å². The van der Waals surface area contributed by atoms with E-state index >= 15 is 0 Å². The highest BCUT2D eigenvalue weighted by molar-refractivity contribution is 5.84. The highest BCUT2D eigenvalue weighted by Gasteiger charge is 2.18. The van der Waals surface area contributed by atoms with Crippen LogP contribution >= 0.6 is 0 Å². The lowest BCUT2D eigenvalue weighted by atomic mass is 10.0. The number of carbonyl (C=O) groups is 1. The van der Waals surface area contributed by atoms with E-state index in [2.05, 4.69) is 16.8 Å². The van der Waals surface area contributed by atoms with Gasteiger partial charge in [-0.25, -0.2) is 4.99 Å². The van der Waals surface area contributed by atoms with E-state index in [-0.39, 0.29) is 12.5 Å². The third-order valence-corrected chi connectivity index (χ3v) is 4.31. The summed E-state index contributed by atoms with van der Waals surface area (Å²) in [5.41, 5.74) is 7.19. The minimum absolute atomic E-state index is 0.0179. The van der Waals surface area contributed by atoms with Gasteiger partial charge in [0.1, 0.15) is 6.54 Å². The van der Waals surface area contributed by atoms with Crippen LogP contribution in [0.3, 0.4) is 0 Å². The van der Waals surface area contributed by atoms with E-state index in [1.165, 1.54) is 6.42 Å². The van der Waals surface area contributed by atoms with Gasteiger partial charge in [-0.15, -0.1) is 0 Å². The second-order valence-electron chi connectivity index (χ2n) is 6.26. The van der Waals surface area contributed by atoms with E-state index in [0.717, 1.165) is 25.1 Å². The van der Waals surface area contributed by atoms with Gasteiger partial charge >= 0.3 is 0 Å². The van der Waals surface area contributed by atoms with Gasteiger partial charge in [0.2, 0.25) is 5.91 Å².